The van der Waals surface area contributed by atoms with Gasteiger partial charge in [-0.2, -0.15) is 11.8 Å². The van der Waals surface area contributed by atoms with Crippen LogP contribution in [-0.2, 0) is 4.74 Å². The molecule has 2 nitrogen and oxygen atoms in total. The summed E-state index contributed by atoms with van der Waals surface area (Å²) < 4.78 is 5.93. The fourth-order valence-corrected chi connectivity index (χ4v) is 4.04. The number of thioether (sulfide) groups is 1. The number of hydrogen-bond acceptors (Lipinski definition) is 3. The molecule has 0 bridgehead atoms. The third-order valence-corrected chi connectivity index (χ3v) is 5.04. The maximum absolute atomic E-state index is 5.93. The van der Waals surface area contributed by atoms with Crippen LogP contribution in [0.25, 0.3) is 0 Å². The van der Waals surface area contributed by atoms with Crippen LogP contribution >= 0.6 is 11.8 Å². The van der Waals surface area contributed by atoms with Gasteiger partial charge in [-0.25, -0.2) is 0 Å². The lowest BCUT2D eigenvalue weighted by molar-refractivity contribution is -0.0563. The quantitative estimate of drug-likeness (QED) is 0.755. The highest BCUT2D eigenvalue weighted by atomic mass is 32.2. The minimum atomic E-state index is 0.323. The largest absolute Gasteiger partial charge is 0.373 e. The smallest absolute Gasteiger partial charge is 0.0699 e. The molecule has 2 saturated heterocycles. The zero-order chi connectivity index (χ0) is 9.43. The first-order valence-corrected chi connectivity index (χ1v) is 7.00. The SMILES string of the molecule is C1CC2(C1)CC(NC1CCSC1)CO2. The van der Waals surface area contributed by atoms with Gasteiger partial charge in [0.25, 0.3) is 0 Å². The minimum Gasteiger partial charge on any atom is -0.373 e. The Bertz CT molecular complexity index is 211. The van der Waals surface area contributed by atoms with Gasteiger partial charge >= 0.3 is 0 Å². The summed E-state index contributed by atoms with van der Waals surface area (Å²) in [5.74, 6) is 2.65. The van der Waals surface area contributed by atoms with E-state index in [4.69, 9.17) is 4.74 Å². The first kappa shape index (κ1) is 9.49. The van der Waals surface area contributed by atoms with Crippen LogP contribution in [0.1, 0.15) is 32.1 Å². The van der Waals surface area contributed by atoms with E-state index in [9.17, 15) is 0 Å². The second-order valence-electron chi connectivity index (χ2n) is 4.98. The van der Waals surface area contributed by atoms with E-state index >= 15 is 0 Å². The Labute approximate surface area is 90.2 Å². The molecular formula is C11H19NOS. The van der Waals surface area contributed by atoms with Crippen LogP contribution in [0.2, 0.25) is 0 Å². The van der Waals surface area contributed by atoms with Crippen molar-refractivity contribution in [1.29, 1.82) is 0 Å². The molecule has 0 amide bonds. The van der Waals surface area contributed by atoms with E-state index in [2.05, 4.69) is 17.1 Å². The molecule has 2 heterocycles. The molecule has 3 rings (SSSR count). The number of nitrogens with one attached hydrogen (secondary N) is 1. The van der Waals surface area contributed by atoms with Gasteiger partial charge in [0.15, 0.2) is 0 Å². The Morgan fingerprint density at radius 1 is 1.29 bits per heavy atom. The highest BCUT2D eigenvalue weighted by Crippen LogP contribution is 2.43. The van der Waals surface area contributed by atoms with Crippen molar-refractivity contribution in [3.63, 3.8) is 0 Å². The molecule has 3 aliphatic rings. The predicted octanol–water partition coefficient (Wildman–Crippen LogP) is 1.79. The highest BCUT2D eigenvalue weighted by Gasteiger charge is 2.45. The highest BCUT2D eigenvalue weighted by molar-refractivity contribution is 7.99. The molecule has 1 N–H and O–H groups in total. The molecule has 0 aromatic heterocycles. The molecule has 0 radical (unpaired) electrons. The van der Waals surface area contributed by atoms with Crippen molar-refractivity contribution in [3.8, 4) is 0 Å². The molecule has 0 aromatic carbocycles. The van der Waals surface area contributed by atoms with Crippen LogP contribution in [0.5, 0.6) is 0 Å². The molecule has 2 aliphatic heterocycles. The monoisotopic (exact) mass is 213 g/mol. The van der Waals surface area contributed by atoms with Crippen molar-refractivity contribution < 1.29 is 4.74 Å². The van der Waals surface area contributed by atoms with Gasteiger partial charge in [0, 0.05) is 17.8 Å². The van der Waals surface area contributed by atoms with Gasteiger partial charge in [0.05, 0.1) is 12.2 Å². The summed E-state index contributed by atoms with van der Waals surface area (Å²) in [5.41, 5.74) is 0.323. The third kappa shape index (κ3) is 1.70. The fraction of sp³-hybridized carbons (Fsp3) is 1.00. The molecule has 3 fully saturated rings. The normalized spacial score (nSPS) is 40.3. The molecule has 80 valence electrons. The van der Waals surface area contributed by atoms with Gasteiger partial charge in [-0.1, -0.05) is 0 Å². The summed E-state index contributed by atoms with van der Waals surface area (Å²) in [6, 6.07) is 1.42. The average molecular weight is 213 g/mol. The fourth-order valence-electron chi connectivity index (χ4n) is 2.87. The van der Waals surface area contributed by atoms with E-state index in [1.807, 2.05) is 0 Å². The first-order valence-electron chi connectivity index (χ1n) is 5.84. The van der Waals surface area contributed by atoms with Gasteiger partial charge in [-0.15, -0.1) is 0 Å². The van der Waals surface area contributed by atoms with E-state index in [-0.39, 0.29) is 0 Å². The molecule has 1 saturated carbocycles. The summed E-state index contributed by atoms with van der Waals surface area (Å²) in [6.07, 6.45) is 6.63. The average Bonchev–Trinajstić information content (AvgIpc) is 2.72. The molecule has 2 atom stereocenters. The van der Waals surface area contributed by atoms with Gasteiger partial charge < -0.3 is 10.1 Å². The van der Waals surface area contributed by atoms with E-state index in [0.29, 0.717) is 11.6 Å². The summed E-state index contributed by atoms with van der Waals surface area (Å²) in [4.78, 5) is 0. The number of rotatable bonds is 2. The second kappa shape index (κ2) is 3.69. The van der Waals surface area contributed by atoms with Crippen molar-refractivity contribution >= 4 is 11.8 Å². The molecule has 3 heteroatoms. The Morgan fingerprint density at radius 3 is 2.79 bits per heavy atom. The van der Waals surface area contributed by atoms with Crippen molar-refractivity contribution in [2.45, 2.75) is 49.8 Å². The lowest BCUT2D eigenvalue weighted by atomic mass is 9.77. The Hall–Kier alpha value is 0.270. The first-order chi connectivity index (χ1) is 6.86. The standard InChI is InChI=1S/C11H19NOS/c1-3-11(4-1)6-10(7-13-11)12-9-2-5-14-8-9/h9-10,12H,1-8H2. The van der Waals surface area contributed by atoms with Gasteiger partial charge in [-0.3, -0.25) is 0 Å². The summed E-state index contributed by atoms with van der Waals surface area (Å²) >= 11 is 2.08. The minimum absolute atomic E-state index is 0.323. The van der Waals surface area contributed by atoms with Crippen LogP contribution in [0.4, 0.5) is 0 Å². The van der Waals surface area contributed by atoms with Crippen molar-refractivity contribution in [2.24, 2.45) is 0 Å². The Balaban J connectivity index is 1.50. The molecule has 1 spiro atoms. The van der Waals surface area contributed by atoms with Crippen LogP contribution < -0.4 is 5.32 Å². The second-order valence-corrected chi connectivity index (χ2v) is 6.13. The Kier molecular flexibility index (Phi) is 2.50. The topological polar surface area (TPSA) is 21.3 Å². The van der Waals surface area contributed by atoms with Gasteiger partial charge in [0.1, 0.15) is 0 Å². The zero-order valence-electron chi connectivity index (χ0n) is 8.63. The summed E-state index contributed by atoms with van der Waals surface area (Å²) in [6.45, 7) is 0.959. The maximum Gasteiger partial charge on any atom is 0.0699 e. The third-order valence-electron chi connectivity index (χ3n) is 3.87. The lowest BCUT2D eigenvalue weighted by Gasteiger charge is -2.37. The zero-order valence-corrected chi connectivity index (χ0v) is 9.44. The Morgan fingerprint density at radius 2 is 2.21 bits per heavy atom. The van der Waals surface area contributed by atoms with E-state index in [1.165, 1.54) is 43.6 Å². The lowest BCUT2D eigenvalue weighted by Crippen LogP contribution is -2.41. The van der Waals surface area contributed by atoms with Crippen LogP contribution in [0, 0.1) is 0 Å². The van der Waals surface area contributed by atoms with Crippen LogP contribution in [0.15, 0.2) is 0 Å². The summed E-state index contributed by atoms with van der Waals surface area (Å²) in [7, 11) is 0. The molecular weight excluding hydrogens is 194 g/mol. The van der Waals surface area contributed by atoms with E-state index in [0.717, 1.165) is 12.6 Å². The van der Waals surface area contributed by atoms with Crippen molar-refractivity contribution in [3.05, 3.63) is 0 Å². The van der Waals surface area contributed by atoms with Crippen molar-refractivity contribution in [2.75, 3.05) is 18.1 Å². The van der Waals surface area contributed by atoms with E-state index in [1.54, 1.807) is 0 Å². The number of ether oxygens (including phenoxy) is 1. The van der Waals surface area contributed by atoms with Gasteiger partial charge in [0.2, 0.25) is 0 Å². The van der Waals surface area contributed by atoms with Crippen LogP contribution in [-0.4, -0.2) is 35.8 Å². The van der Waals surface area contributed by atoms with Crippen molar-refractivity contribution in [1.82, 2.24) is 5.32 Å². The molecule has 2 unspecified atom stereocenters. The maximum atomic E-state index is 5.93. The predicted molar refractivity (Wildman–Crippen MR) is 59.8 cm³/mol. The van der Waals surface area contributed by atoms with Gasteiger partial charge in [-0.05, 0) is 37.9 Å². The molecule has 0 aromatic rings. The van der Waals surface area contributed by atoms with E-state index < -0.39 is 0 Å². The van der Waals surface area contributed by atoms with Crippen LogP contribution in [0.3, 0.4) is 0 Å². The summed E-state index contributed by atoms with van der Waals surface area (Å²) in [5, 5.41) is 3.76. The molecule has 1 aliphatic carbocycles. The number of hydrogen-bond donors (Lipinski definition) is 1. The molecule has 14 heavy (non-hydrogen) atoms.